The molecule has 0 unspecified atom stereocenters. The average molecular weight is 299 g/mol. The van der Waals surface area contributed by atoms with E-state index in [0.717, 1.165) is 11.3 Å². The molecule has 2 aromatic rings. The number of hydrogen-bond acceptors (Lipinski definition) is 3. The number of nitrogens with one attached hydrogen (secondary N) is 2. The highest BCUT2D eigenvalue weighted by molar-refractivity contribution is 7.80. The topological polar surface area (TPSA) is 56.7 Å². The number of aromatic hydroxyl groups is 1. The summed E-state index contributed by atoms with van der Waals surface area (Å²) in [6.45, 7) is 3.82. The molecular weight excluding hydrogens is 282 g/mol. The molecule has 0 aromatic heterocycles. The maximum Gasteiger partial charge on any atom is 0.191 e. The lowest BCUT2D eigenvalue weighted by atomic mass is 10.1. The van der Waals surface area contributed by atoms with E-state index in [1.807, 2.05) is 37.3 Å². The average Bonchev–Trinajstić information content (AvgIpc) is 2.45. The Morgan fingerprint density at radius 1 is 1.14 bits per heavy atom. The lowest BCUT2D eigenvalue weighted by molar-refractivity contribution is 0.474. The molecular formula is C16H17N3OS. The Hall–Kier alpha value is -2.40. The van der Waals surface area contributed by atoms with E-state index < -0.39 is 0 Å². The van der Waals surface area contributed by atoms with E-state index in [1.165, 1.54) is 0 Å². The fourth-order valence-electron chi connectivity index (χ4n) is 1.86. The van der Waals surface area contributed by atoms with Crippen molar-refractivity contribution < 1.29 is 5.11 Å². The SMILES string of the molecule is CC(=NNC(=S)Nc1cccc(C)c1)c1ccccc1O. The summed E-state index contributed by atoms with van der Waals surface area (Å²) in [5.41, 5.74) is 6.15. The molecule has 0 spiro atoms. The van der Waals surface area contributed by atoms with E-state index in [0.29, 0.717) is 16.4 Å². The third-order valence-corrected chi connectivity index (χ3v) is 3.09. The van der Waals surface area contributed by atoms with Crippen molar-refractivity contribution in [2.75, 3.05) is 5.32 Å². The summed E-state index contributed by atoms with van der Waals surface area (Å²) < 4.78 is 0. The first-order chi connectivity index (χ1) is 10.1. The molecule has 0 aliphatic carbocycles. The van der Waals surface area contributed by atoms with E-state index >= 15 is 0 Å². The molecule has 5 heteroatoms. The Balaban J connectivity index is 2.00. The van der Waals surface area contributed by atoms with Gasteiger partial charge in [-0.3, -0.25) is 5.43 Å². The van der Waals surface area contributed by atoms with Gasteiger partial charge < -0.3 is 10.4 Å². The Morgan fingerprint density at radius 3 is 2.62 bits per heavy atom. The molecule has 0 saturated heterocycles. The van der Waals surface area contributed by atoms with Gasteiger partial charge in [-0.05, 0) is 55.9 Å². The summed E-state index contributed by atoms with van der Waals surface area (Å²) in [6, 6.07) is 14.9. The van der Waals surface area contributed by atoms with Gasteiger partial charge in [0.25, 0.3) is 0 Å². The van der Waals surface area contributed by atoms with Crippen molar-refractivity contribution in [2.24, 2.45) is 5.10 Å². The van der Waals surface area contributed by atoms with Crippen LogP contribution in [0.25, 0.3) is 0 Å². The Bertz CT molecular complexity index is 683. The molecule has 108 valence electrons. The molecule has 0 aliphatic heterocycles. The van der Waals surface area contributed by atoms with E-state index in [4.69, 9.17) is 12.2 Å². The third kappa shape index (κ3) is 4.29. The van der Waals surface area contributed by atoms with Crippen LogP contribution in [0.4, 0.5) is 5.69 Å². The van der Waals surface area contributed by atoms with Crippen molar-refractivity contribution in [3.8, 4) is 5.75 Å². The molecule has 0 bridgehead atoms. The normalized spacial score (nSPS) is 11.0. The van der Waals surface area contributed by atoms with Crippen molar-refractivity contribution in [3.05, 3.63) is 59.7 Å². The van der Waals surface area contributed by atoms with Crippen molar-refractivity contribution in [2.45, 2.75) is 13.8 Å². The van der Waals surface area contributed by atoms with E-state index in [-0.39, 0.29) is 5.75 Å². The maximum absolute atomic E-state index is 9.75. The van der Waals surface area contributed by atoms with E-state index in [1.54, 1.807) is 25.1 Å². The Morgan fingerprint density at radius 2 is 1.90 bits per heavy atom. The highest BCUT2D eigenvalue weighted by atomic mass is 32.1. The number of hydrogen-bond donors (Lipinski definition) is 3. The summed E-state index contributed by atoms with van der Waals surface area (Å²) in [5, 5.41) is 17.4. The molecule has 2 rings (SSSR count). The van der Waals surface area contributed by atoms with Gasteiger partial charge in [0, 0.05) is 11.3 Å². The molecule has 0 heterocycles. The summed E-state index contributed by atoms with van der Waals surface area (Å²) in [5.74, 6) is 0.193. The van der Waals surface area contributed by atoms with E-state index in [9.17, 15) is 5.11 Å². The van der Waals surface area contributed by atoms with Crippen LogP contribution in [-0.2, 0) is 0 Å². The van der Waals surface area contributed by atoms with Crippen LogP contribution in [0, 0.1) is 6.92 Å². The van der Waals surface area contributed by atoms with Crippen molar-refractivity contribution in [1.82, 2.24) is 5.43 Å². The molecule has 21 heavy (non-hydrogen) atoms. The van der Waals surface area contributed by atoms with Crippen LogP contribution in [0.5, 0.6) is 5.75 Å². The molecule has 0 fully saturated rings. The number of rotatable bonds is 3. The van der Waals surface area contributed by atoms with Gasteiger partial charge in [0.15, 0.2) is 5.11 Å². The third-order valence-electron chi connectivity index (χ3n) is 2.89. The first-order valence-electron chi connectivity index (χ1n) is 6.52. The number of nitrogens with zero attached hydrogens (tertiary/aromatic N) is 1. The number of aryl methyl sites for hydroxylation is 1. The second-order valence-corrected chi connectivity index (χ2v) is 5.06. The van der Waals surface area contributed by atoms with Gasteiger partial charge in [-0.25, -0.2) is 0 Å². The fourth-order valence-corrected chi connectivity index (χ4v) is 2.02. The van der Waals surface area contributed by atoms with Crippen LogP contribution in [-0.4, -0.2) is 15.9 Å². The number of thiocarbonyl (C=S) groups is 1. The predicted molar refractivity (Wildman–Crippen MR) is 90.9 cm³/mol. The highest BCUT2D eigenvalue weighted by Crippen LogP contribution is 2.16. The van der Waals surface area contributed by atoms with Crippen LogP contribution in [0.2, 0.25) is 0 Å². The molecule has 4 nitrogen and oxygen atoms in total. The largest absolute Gasteiger partial charge is 0.507 e. The number of benzene rings is 2. The summed E-state index contributed by atoms with van der Waals surface area (Å²) >= 11 is 5.19. The number of hydrazone groups is 1. The van der Waals surface area contributed by atoms with Gasteiger partial charge in [0.2, 0.25) is 0 Å². The summed E-state index contributed by atoms with van der Waals surface area (Å²) in [4.78, 5) is 0. The van der Waals surface area contributed by atoms with Gasteiger partial charge in [-0.1, -0.05) is 24.3 Å². The van der Waals surface area contributed by atoms with E-state index in [2.05, 4.69) is 15.8 Å². The first-order valence-corrected chi connectivity index (χ1v) is 6.93. The predicted octanol–water partition coefficient (Wildman–Crippen LogP) is 3.41. The first kappa shape index (κ1) is 15.0. The zero-order chi connectivity index (χ0) is 15.2. The van der Waals surface area contributed by atoms with Gasteiger partial charge >= 0.3 is 0 Å². The number of phenols is 1. The molecule has 0 radical (unpaired) electrons. The molecule has 3 N–H and O–H groups in total. The van der Waals surface area contributed by atoms with Crippen LogP contribution in [0.3, 0.4) is 0 Å². The molecule has 0 aliphatic rings. The van der Waals surface area contributed by atoms with Crippen molar-refractivity contribution in [3.63, 3.8) is 0 Å². The zero-order valence-corrected chi connectivity index (χ0v) is 12.7. The lowest BCUT2D eigenvalue weighted by Crippen LogP contribution is -2.25. The van der Waals surface area contributed by atoms with Crippen LogP contribution >= 0.6 is 12.2 Å². The van der Waals surface area contributed by atoms with Crippen molar-refractivity contribution >= 4 is 28.7 Å². The van der Waals surface area contributed by atoms with Crippen LogP contribution in [0.1, 0.15) is 18.1 Å². The van der Waals surface area contributed by atoms with Gasteiger partial charge in [-0.2, -0.15) is 5.10 Å². The smallest absolute Gasteiger partial charge is 0.191 e. The molecule has 0 atom stereocenters. The van der Waals surface area contributed by atoms with Gasteiger partial charge in [-0.15, -0.1) is 0 Å². The second kappa shape index (κ2) is 6.85. The Kier molecular flexibility index (Phi) is 4.90. The molecule has 0 saturated carbocycles. The quantitative estimate of drug-likeness (QED) is 0.462. The minimum atomic E-state index is 0.193. The monoisotopic (exact) mass is 299 g/mol. The number of anilines is 1. The minimum absolute atomic E-state index is 0.193. The van der Waals surface area contributed by atoms with Gasteiger partial charge in [0.1, 0.15) is 5.75 Å². The number of phenolic OH excluding ortho intramolecular Hbond substituents is 1. The molecule has 2 aromatic carbocycles. The zero-order valence-electron chi connectivity index (χ0n) is 11.9. The summed E-state index contributed by atoms with van der Waals surface area (Å²) in [7, 11) is 0. The minimum Gasteiger partial charge on any atom is -0.507 e. The van der Waals surface area contributed by atoms with Crippen LogP contribution in [0.15, 0.2) is 53.6 Å². The second-order valence-electron chi connectivity index (χ2n) is 4.65. The molecule has 0 amide bonds. The number of para-hydroxylation sites is 1. The lowest BCUT2D eigenvalue weighted by Gasteiger charge is -2.09. The van der Waals surface area contributed by atoms with Gasteiger partial charge in [0.05, 0.1) is 5.71 Å². The highest BCUT2D eigenvalue weighted by Gasteiger charge is 2.03. The van der Waals surface area contributed by atoms with Crippen molar-refractivity contribution in [1.29, 1.82) is 0 Å². The Labute approximate surface area is 129 Å². The fraction of sp³-hybridized carbons (Fsp3) is 0.125. The summed E-state index contributed by atoms with van der Waals surface area (Å²) in [6.07, 6.45) is 0. The maximum atomic E-state index is 9.75. The standard InChI is InChI=1S/C16H17N3OS/c1-11-6-5-7-13(10-11)17-16(21)19-18-12(2)14-8-3-4-9-15(14)20/h3-10,20H,1-2H3,(H2,17,19,21). The van der Waals surface area contributed by atoms with Crippen LogP contribution < -0.4 is 10.7 Å².